The van der Waals surface area contributed by atoms with Crippen molar-refractivity contribution in [2.75, 3.05) is 39.5 Å². The lowest BCUT2D eigenvalue weighted by atomic mass is 10.0. The van der Waals surface area contributed by atoms with Crippen LogP contribution in [0.5, 0.6) is 5.75 Å². The molecule has 2 saturated heterocycles. The fourth-order valence-corrected chi connectivity index (χ4v) is 4.68. The monoisotopic (exact) mass is 494 g/mol. The minimum atomic E-state index is -0.183. The van der Waals surface area contributed by atoms with Crippen LogP contribution in [0, 0.1) is 0 Å². The average Bonchev–Trinajstić information content (AvgIpc) is 3.08. The molecule has 0 saturated carbocycles. The standard InChI is InChI=1S/C22H20Cl2N2O3S2/c23-17-3-2-15(13-18(17)24)16-11-14(12-20-21(27)25-22(30)31-20)1-4-19(16)29-10-7-26-5-8-28-9-6-26/h1-4,11-13H,5-10H2,(H,25,27,30). The molecule has 0 radical (unpaired) electrons. The van der Waals surface area contributed by atoms with E-state index in [0.717, 1.165) is 55.3 Å². The molecule has 9 heteroatoms. The number of halogens is 2. The highest BCUT2D eigenvalue weighted by atomic mass is 35.5. The predicted molar refractivity (Wildman–Crippen MR) is 131 cm³/mol. The van der Waals surface area contributed by atoms with Crippen LogP contribution in [0.3, 0.4) is 0 Å². The Morgan fingerprint density at radius 3 is 2.68 bits per heavy atom. The number of morpholine rings is 1. The summed E-state index contributed by atoms with van der Waals surface area (Å²) < 4.78 is 12.0. The van der Waals surface area contributed by atoms with E-state index in [1.54, 1.807) is 6.07 Å². The van der Waals surface area contributed by atoms with Gasteiger partial charge in [-0.25, -0.2) is 0 Å². The highest BCUT2D eigenvalue weighted by Crippen LogP contribution is 2.36. The van der Waals surface area contributed by atoms with Crippen molar-refractivity contribution >= 4 is 63.5 Å². The van der Waals surface area contributed by atoms with Gasteiger partial charge < -0.3 is 14.8 Å². The van der Waals surface area contributed by atoms with Crippen LogP contribution in [0.1, 0.15) is 5.56 Å². The molecule has 2 aromatic carbocycles. The summed E-state index contributed by atoms with van der Waals surface area (Å²) in [6.45, 7) is 4.72. The highest BCUT2D eigenvalue weighted by molar-refractivity contribution is 8.26. The molecule has 2 aliphatic heterocycles. The minimum absolute atomic E-state index is 0.183. The molecular formula is C22H20Cl2N2O3S2. The van der Waals surface area contributed by atoms with E-state index < -0.39 is 0 Å². The molecule has 0 bridgehead atoms. The summed E-state index contributed by atoms with van der Waals surface area (Å²) in [4.78, 5) is 14.9. The molecule has 0 spiro atoms. The van der Waals surface area contributed by atoms with Crippen LogP contribution in [0.15, 0.2) is 41.3 Å². The van der Waals surface area contributed by atoms with Gasteiger partial charge in [-0.15, -0.1) is 0 Å². The Morgan fingerprint density at radius 2 is 1.97 bits per heavy atom. The van der Waals surface area contributed by atoms with Crippen molar-refractivity contribution in [2.45, 2.75) is 0 Å². The Bertz CT molecular complexity index is 1040. The second-order valence-electron chi connectivity index (χ2n) is 7.04. The van der Waals surface area contributed by atoms with Gasteiger partial charge in [0.1, 0.15) is 16.7 Å². The van der Waals surface area contributed by atoms with Crippen LogP contribution in [0.2, 0.25) is 10.0 Å². The van der Waals surface area contributed by atoms with Gasteiger partial charge in [0, 0.05) is 25.2 Å². The zero-order chi connectivity index (χ0) is 21.8. The number of thioether (sulfide) groups is 1. The maximum Gasteiger partial charge on any atom is 0.263 e. The molecule has 4 rings (SSSR count). The van der Waals surface area contributed by atoms with Gasteiger partial charge in [0.2, 0.25) is 0 Å². The van der Waals surface area contributed by atoms with Gasteiger partial charge in [0.15, 0.2) is 0 Å². The summed E-state index contributed by atoms with van der Waals surface area (Å²) in [6.07, 6.45) is 1.82. The van der Waals surface area contributed by atoms with Crippen LogP contribution >= 0.6 is 47.2 Å². The van der Waals surface area contributed by atoms with Crippen molar-refractivity contribution in [1.82, 2.24) is 10.2 Å². The van der Waals surface area contributed by atoms with Crippen molar-refractivity contribution < 1.29 is 14.3 Å². The Kier molecular flexibility index (Phi) is 7.53. The number of nitrogens with one attached hydrogen (secondary N) is 1. The first-order valence-electron chi connectivity index (χ1n) is 9.77. The number of rotatable bonds is 6. The summed E-state index contributed by atoms with van der Waals surface area (Å²) in [6, 6.07) is 11.3. The van der Waals surface area contributed by atoms with E-state index in [-0.39, 0.29) is 5.91 Å². The smallest absolute Gasteiger partial charge is 0.263 e. The zero-order valence-electron chi connectivity index (χ0n) is 16.5. The van der Waals surface area contributed by atoms with Gasteiger partial charge in [-0.2, -0.15) is 0 Å². The van der Waals surface area contributed by atoms with Crippen LogP contribution < -0.4 is 10.1 Å². The fourth-order valence-electron chi connectivity index (χ4n) is 3.33. The third-order valence-electron chi connectivity index (χ3n) is 4.94. The van der Waals surface area contributed by atoms with Crippen LogP contribution in [-0.4, -0.2) is 54.6 Å². The number of carbonyl (C=O) groups is 1. The van der Waals surface area contributed by atoms with Crippen molar-refractivity contribution in [3.05, 3.63) is 56.9 Å². The van der Waals surface area contributed by atoms with E-state index in [0.29, 0.717) is 25.9 Å². The number of hydrogen-bond donors (Lipinski definition) is 1. The number of amides is 1. The van der Waals surface area contributed by atoms with Crippen LogP contribution in [0.4, 0.5) is 0 Å². The van der Waals surface area contributed by atoms with Gasteiger partial charge >= 0.3 is 0 Å². The van der Waals surface area contributed by atoms with E-state index in [1.165, 1.54) is 11.8 Å². The SMILES string of the molecule is O=C1NC(=S)SC1=Cc1ccc(OCCN2CCOCC2)c(-c2ccc(Cl)c(Cl)c2)c1. The molecular weight excluding hydrogens is 475 g/mol. The van der Waals surface area contributed by atoms with Crippen LogP contribution in [0.25, 0.3) is 17.2 Å². The third-order valence-corrected chi connectivity index (χ3v) is 6.84. The lowest BCUT2D eigenvalue weighted by Crippen LogP contribution is -2.38. The van der Waals surface area contributed by atoms with Gasteiger partial charge in [-0.1, -0.05) is 59.3 Å². The normalized spacial score (nSPS) is 18.5. The van der Waals surface area contributed by atoms with E-state index in [2.05, 4.69) is 10.2 Å². The molecule has 1 N–H and O–H groups in total. The molecule has 2 aromatic rings. The van der Waals surface area contributed by atoms with Gasteiger partial charge in [-0.3, -0.25) is 9.69 Å². The molecule has 0 aliphatic carbocycles. The number of thiocarbonyl (C=S) groups is 1. The van der Waals surface area contributed by atoms with Gasteiger partial charge in [-0.05, 0) is 41.5 Å². The van der Waals surface area contributed by atoms with E-state index in [1.807, 2.05) is 36.4 Å². The Morgan fingerprint density at radius 1 is 1.16 bits per heavy atom. The lowest BCUT2D eigenvalue weighted by Gasteiger charge is -2.26. The lowest BCUT2D eigenvalue weighted by molar-refractivity contribution is -0.115. The maximum absolute atomic E-state index is 12.0. The third kappa shape index (κ3) is 5.80. The largest absolute Gasteiger partial charge is 0.492 e. The molecule has 1 amide bonds. The first-order valence-corrected chi connectivity index (χ1v) is 11.7. The number of ether oxygens (including phenoxy) is 2. The number of carbonyl (C=O) groups excluding carboxylic acids is 1. The molecule has 5 nitrogen and oxygen atoms in total. The minimum Gasteiger partial charge on any atom is -0.492 e. The van der Waals surface area contributed by atoms with Crippen molar-refractivity contribution in [3.63, 3.8) is 0 Å². The molecule has 31 heavy (non-hydrogen) atoms. The molecule has 162 valence electrons. The van der Waals surface area contributed by atoms with Crippen molar-refractivity contribution in [2.24, 2.45) is 0 Å². The van der Waals surface area contributed by atoms with Crippen molar-refractivity contribution in [1.29, 1.82) is 0 Å². The molecule has 0 unspecified atom stereocenters. The molecule has 0 aromatic heterocycles. The summed E-state index contributed by atoms with van der Waals surface area (Å²) in [5.41, 5.74) is 2.62. The first-order chi connectivity index (χ1) is 15.0. The molecule has 2 aliphatic rings. The maximum atomic E-state index is 12.0. The number of hydrogen-bond acceptors (Lipinski definition) is 6. The van der Waals surface area contributed by atoms with E-state index in [9.17, 15) is 4.79 Å². The summed E-state index contributed by atoms with van der Waals surface area (Å²) in [5, 5.41) is 3.60. The second kappa shape index (κ2) is 10.3. The fraction of sp³-hybridized carbons (Fsp3) is 0.273. The molecule has 2 heterocycles. The first kappa shape index (κ1) is 22.6. The summed E-state index contributed by atoms with van der Waals surface area (Å²) >= 11 is 18.7. The zero-order valence-corrected chi connectivity index (χ0v) is 19.7. The van der Waals surface area contributed by atoms with E-state index in [4.69, 9.17) is 44.9 Å². The number of nitrogens with zero attached hydrogens (tertiary/aromatic N) is 1. The Balaban J connectivity index is 1.60. The number of benzene rings is 2. The van der Waals surface area contributed by atoms with E-state index >= 15 is 0 Å². The summed E-state index contributed by atoms with van der Waals surface area (Å²) in [5.74, 6) is 0.560. The van der Waals surface area contributed by atoms with Crippen molar-refractivity contribution in [3.8, 4) is 16.9 Å². The quantitative estimate of drug-likeness (QED) is 0.457. The molecule has 0 atom stereocenters. The predicted octanol–water partition coefficient (Wildman–Crippen LogP) is 4.86. The second-order valence-corrected chi connectivity index (χ2v) is 9.57. The summed E-state index contributed by atoms with van der Waals surface area (Å²) in [7, 11) is 0. The average molecular weight is 495 g/mol. The highest BCUT2D eigenvalue weighted by Gasteiger charge is 2.22. The molecule has 2 fully saturated rings. The van der Waals surface area contributed by atoms with Gasteiger partial charge in [0.05, 0.1) is 28.2 Å². The topological polar surface area (TPSA) is 50.8 Å². The Labute approximate surface area is 200 Å². The van der Waals surface area contributed by atoms with Gasteiger partial charge in [0.25, 0.3) is 5.91 Å². The van der Waals surface area contributed by atoms with Crippen LogP contribution in [-0.2, 0) is 9.53 Å². The Hall–Kier alpha value is -1.61.